The minimum absolute atomic E-state index is 0.0178. The molecule has 208 valence electrons. The van der Waals surface area contributed by atoms with Crippen LogP contribution in [0.4, 0.5) is 0 Å². The molecule has 0 aromatic heterocycles. The summed E-state index contributed by atoms with van der Waals surface area (Å²) in [4.78, 5) is 0. The number of rotatable bonds is 1. The summed E-state index contributed by atoms with van der Waals surface area (Å²) in [6.07, 6.45) is 0. The van der Waals surface area contributed by atoms with Crippen molar-refractivity contribution < 1.29 is 10.2 Å². The molecule has 2 aromatic carbocycles. The lowest BCUT2D eigenvalue weighted by atomic mass is 9.78. The van der Waals surface area contributed by atoms with Crippen LogP contribution >= 0.6 is 0 Å². The van der Waals surface area contributed by atoms with Gasteiger partial charge in [0.2, 0.25) is 0 Å². The van der Waals surface area contributed by atoms with Gasteiger partial charge in [-0.25, -0.2) is 0 Å². The van der Waals surface area contributed by atoms with Crippen LogP contribution in [0.2, 0.25) is 5.28 Å². The zero-order valence-electron chi connectivity index (χ0n) is 27.1. The molecular weight excluding hydrogens is 467 g/mol. The molecule has 2 rings (SSSR count). The maximum absolute atomic E-state index is 10.4. The van der Waals surface area contributed by atoms with Crippen LogP contribution in [-0.2, 0) is 21.7 Å². The summed E-state index contributed by atoms with van der Waals surface area (Å²) in [5.41, 5.74) is 6.52. The van der Waals surface area contributed by atoms with Crippen LogP contribution in [0.1, 0.15) is 130 Å². The van der Waals surface area contributed by atoms with Gasteiger partial charge in [-0.05, 0) is 57.8 Å². The third-order valence-electron chi connectivity index (χ3n) is 6.21. The zero-order valence-corrected chi connectivity index (χ0v) is 28.2. The molecular formula is C34H57AlO2. The van der Waals surface area contributed by atoms with Gasteiger partial charge in [0.05, 0.1) is 0 Å². The van der Waals surface area contributed by atoms with Gasteiger partial charge < -0.3 is 10.2 Å². The molecule has 0 saturated carbocycles. The van der Waals surface area contributed by atoms with E-state index in [0.717, 1.165) is 28.2 Å². The molecule has 2 aromatic rings. The molecule has 0 bridgehead atoms. The third-order valence-corrected chi connectivity index (χ3v) is 7.15. The number of phenolic OH excluding ortho intramolecular Hbond substituents is 2. The first-order valence-corrected chi connectivity index (χ1v) is 14.5. The highest BCUT2D eigenvalue weighted by atomic mass is 27.0. The lowest BCUT2D eigenvalue weighted by Crippen LogP contribution is -2.17. The van der Waals surface area contributed by atoms with Crippen molar-refractivity contribution in [3.05, 3.63) is 57.6 Å². The molecule has 0 fully saturated rings. The van der Waals surface area contributed by atoms with Gasteiger partial charge in [-0.15, -0.1) is 5.28 Å². The summed E-state index contributed by atoms with van der Waals surface area (Å²) in [7, 11) is 0. The normalized spacial score (nSPS) is 12.5. The van der Waals surface area contributed by atoms with E-state index in [0.29, 0.717) is 11.5 Å². The maximum Gasteiger partial charge on any atom is 0.123 e. The molecule has 0 saturated heterocycles. The van der Waals surface area contributed by atoms with Crippen LogP contribution in [0.3, 0.4) is 0 Å². The van der Waals surface area contributed by atoms with Gasteiger partial charge in [0, 0.05) is 0 Å². The quantitative estimate of drug-likeness (QED) is 0.364. The van der Waals surface area contributed by atoms with Gasteiger partial charge in [-0.1, -0.05) is 138 Å². The predicted molar refractivity (Wildman–Crippen MR) is 166 cm³/mol. The molecule has 0 aliphatic carbocycles. The largest absolute Gasteiger partial charge is 0.507 e. The second kappa shape index (κ2) is 13.1. The Labute approximate surface area is 238 Å². The van der Waals surface area contributed by atoms with E-state index < -0.39 is 0 Å². The Hall–Kier alpha value is -1.43. The van der Waals surface area contributed by atoms with Gasteiger partial charge in [0.25, 0.3) is 0 Å². The van der Waals surface area contributed by atoms with Crippen LogP contribution in [0.5, 0.6) is 11.5 Å². The van der Waals surface area contributed by atoms with Gasteiger partial charge in [-0.3, -0.25) is 0 Å². The van der Waals surface area contributed by atoms with Crippen molar-refractivity contribution in [1.29, 1.82) is 0 Å². The molecule has 2 radical (unpaired) electrons. The third kappa shape index (κ3) is 11.5. The van der Waals surface area contributed by atoms with Gasteiger partial charge in [0.1, 0.15) is 27.8 Å². The fourth-order valence-corrected chi connectivity index (χ4v) is 3.84. The number of hydrogen-bond donors (Lipinski definition) is 2. The Bertz CT molecular complexity index is 855. The lowest BCUT2D eigenvalue weighted by Gasteiger charge is -2.27. The van der Waals surface area contributed by atoms with Crippen LogP contribution in [0.25, 0.3) is 0 Å². The van der Waals surface area contributed by atoms with Crippen LogP contribution in [0, 0.1) is 19.8 Å². The minimum atomic E-state index is -0.0178. The number of aromatic hydroxyl groups is 2. The SMILES string of the molecule is CC(C)[CH2][Al].Cc1cc(C(C)(C)C)c(O)c(C(C)(C)C)c1.Cc1cc(C(C)(C)C)c(O)c(C(C)(C)C)c1. The highest BCUT2D eigenvalue weighted by molar-refractivity contribution is 6.08. The summed E-state index contributed by atoms with van der Waals surface area (Å²) < 4.78 is 0. The lowest BCUT2D eigenvalue weighted by molar-refractivity contribution is 0.422. The molecule has 2 nitrogen and oxygen atoms in total. The highest BCUT2D eigenvalue weighted by Crippen LogP contribution is 2.40. The molecule has 0 aliphatic rings. The fourth-order valence-electron chi connectivity index (χ4n) is 3.84. The first-order chi connectivity index (χ1) is 16.3. The number of phenols is 2. The van der Waals surface area contributed by atoms with E-state index >= 15 is 0 Å². The predicted octanol–water partition coefficient (Wildman–Crippen LogP) is 9.82. The molecule has 0 aliphatic heterocycles. The average Bonchev–Trinajstić information content (AvgIpc) is 2.68. The maximum atomic E-state index is 10.4. The number of benzene rings is 2. The van der Waals surface area contributed by atoms with Crippen molar-refractivity contribution in [2.75, 3.05) is 0 Å². The Balaban J connectivity index is 0.000000594. The van der Waals surface area contributed by atoms with Crippen molar-refractivity contribution in [2.24, 2.45) is 5.92 Å². The van der Waals surface area contributed by atoms with Crippen molar-refractivity contribution >= 4 is 16.3 Å². The van der Waals surface area contributed by atoms with Gasteiger partial charge in [-0.2, -0.15) is 0 Å². The second-order valence-electron chi connectivity index (χ2n) is 15.0. The average molecular weight is 525 g/mol. The van der Waals surface area contributed by atoms with Crippen molar-refractivity contribution in [1.82, 2.24) is 0 Å². The highest BCUT2D eigenvalue weighted by Gasteiger charge is 2.26. The van der Waals surface area contributed by atoms with E-state index in [9.17, 15) is 10.2 Å². The number of hydrogen-bond acceptors (Lipinski definition) is 2. The number of aryl methyl sites for hydroxylation is 2. The topological polar surface area (TPSA) is 40.5 Å². The molecule has 37 heavy (non-hydrogen) atoms. The Morgan fingerprint density at radius 3 is 0.811 bits per heavy atom. The molecule has 2 N–H and O–H groups in total. The Morgan fingerprint density at radius 1 is 0.541 bits per heavy atom. The second-order valence-corrected chi connectivity index (χ2v) is 15.5. The van der Waals surface area contributed by atoms with Crippen LogP contribution in [0.15, 0.2) is 24.3 Å². The zero-order chi connectivity index (χ0) is 29.7. The molecule has 0 unspecified atom stereocenters. The van der Waals surface area contributed by atoms with Crippen molar-refractivity contribution in [3.8, 4) is 11.5 Å². The van der Waals surface area contributed by atoms with Gasteiger partial charge in [0.15, 0.2) is 0 Å². The summed E-state index contributed by atoms with van der Waals surface area (Å²) in [6, 6.07) is 8.35. The van der Waals surface area contributed by atoms with E-state index in [2.05, 4.69) is 151 Å². The van der Waals surface area contributed by atoms with Crippen LogP contribution in [-0.4, -0.2) is 26.5 Å². The van der Waals surface area contributed by atoms with Crippen molar-refractivity contribution in [2.45, 2.75) is 138 Å². The van der Waals surface area contributed by atoms with E-state index in [-0.39, 0.29) is 21.7 Å². The first kappa shape index (κ1) is 35.6. The fraction of sp³-hybridized carbons (Fsp3) is 0.647. The van der Waals surface area contributed by atoms with Gasteiger partial charge >= 0.3 is 0 Å². The van der Waals surface area contributed by atoms with E-state index in [1.54, 1.807) is 0 Å². The molecule has 0 amide bonds. The van der Waals surface area contributed by atoms with Crippen molar-refractivity contribution in [3.63, 3.8) is 0 Å². The van der Waals surface area contributed by atoms with E-state index in [1.807, 2.05) is 0 Å². The Kier molecular flexibility index (Phi) is 12.6. The minimum Gasteiger partial charge on any atom is -0.507 e. The van der Waals surface area contributed by atoms with E-state index in [1.165, 1.54) is 16.4 Å². The monoisotopic (exact) mass is 524 g/mol. The Morgan fingerprint density at radius 2 is 0.703 bits per heavy atom. The summed E-state index contributed by atoms with van der Waals surface area (Å²) in [5, 5.41) is 22.0. The molecule has 0 spiro atoms. The van der Waals surface area contributed by atoms with Crippen LogP contribution < -0.4 is 0 Å². The standard InChI is InChI=1S/2C15H24O.C4H9.Al/c2*1-10-8-11(14(2,3)4)13(16)12(9-10)15(5,6)7;1-4(2)3;/h2*8-9,16H,1-7H3;4H,1H2,2-3H3;. The summed E-state index contributed by atoms with van der Waals surface area (Å²) in [5.74, 6) is 1.77. The van der Waals surface area contributed by atoms with E-state index in [4.69, 9.17) is 0 Å². The molecule has 3 heteroatoms. The molecule has 0 atom stereocenters. The smallest absolute Gasteiger partial charge is 0.123 e. The first-order valence-electron chi connectivity index (χ1n) is 13.7. The summed E-state index contributed by atoms with van der Waals surface area (Å²) >= 11 is 2.69. The molecule has 0 heterocycles. The summed E-state index contributed by atoms with van der Waals surface area (Å²) in [6.45, 7) is 34.2.